The second-order valence-electron chi connectivity index (χ2n) is 9.13. The van der Waals surface area contributed by atoms with E-state index in [0.29, 0.717) is 32.7 Å². The standard InChI is InChI=1S/C25H34N4O4/c1-19-16-20(2)29(26-19)17-23(30)28-13-15-33-25(18-28)11-7-6-9-21-8-4-5-10-22(21)32-14-12-27(3)24(25)31/h4-5,8,10,16H,6-7,9,11-15,17-18H2,1-3H3. The Morgan fingerprint density at radius 3 is 2.76 bits per heavy atom. The summed E-state index contributed by atoms with van der Waals surface area (Å²) in [6.45, 7) is 6.00. The monoisotopic (exact) mass is 454 g/mol. The molecule has 0 radical (unpaired) electrons. The molecule has 0 N–H and O–H groups in total. The lowest BCUT2D eigenvalue weighted by Crippen LogP contribution is -2.61. The number of fused-ring (bicyclic) bond motifs is 1. The van der Waals surface area contributed by atoms with Gasteiger partial charge in [0.2, 0.25) is 5.91 Å². The zero-order chi connectivity index (χ0) is 23.4. The topological polar surface area (TPSA) is 76.9 Å². The molecule has 178 valence electrons. The molecule has 1 spiro atoms. The number of amides is 2. The van der Waals surface area contributed by atoms with Crippen LogP contribution in [0.5, 0.6) is 5.75 Å². The highest BCUT2D eigenvalue weighted by Gasteiger charge is 2.46. The average Bonchev–Trinajstić information content (AvgIpc) is 3.12. The zero-order valence-electron chi connectivity index (χ0n) is 19.9. The normalized spacial score (nSPS) is 22.3. The van der Waals surface area contributed by atoms with Gasteiger partial charge in [0, 0.05) is 19.3 Å². The van der Waals surface area contributed by atoms with Gasteiger partial charge in [0.25, 0.3) is 5.91 Å². The smallest absolute Gasteiger partial charge is 0.256 e. The molecule has 2 aliphatic rings. The number of rotatable bonds is 2. The van der Waals surface area contributed by atoms with Crippen molar-refractivity contribution in [3.63, 3.8) is 0 Å². The lowest BCUT2D eigenvalue weighted by atomic mass is 9.91. The predicted octanol–water partition coefficient (Wildman–Crippen LogP) is 2.36. The van der Waals surface area contributed by atoms with E-state index < -0.39 is 5.60 Å². The number of hydrogen-bond acceptors (Lipinski definition) is 5. The van der Waals surface area contributed by atoms with E-state index in [1.807, 2.05) is 38.1 Å². The number of nitrogens with zero attached hydrogens (tertiary/aromatic N) is 4. The maximum absolute atomic E-state index is 13.6. The average molecular weight is 455 g/mol. The van der Waals surface area contributed by atoms with E-state index in [1.54, 1.807) is 21.5 Å². The maximum atomic E-state index is 13.6. The first-order valence-electron chi connectivity index (χ1n) is 11.8. The summed E-state index contributed by atoms with van der Waals surface area (Å²) in [5, 5.41) is 4.41. The Bertz CT molecular complexity index is 1000. The van der Waals surface area contributed by atoms with E-state index in [-0.39, 0.29) is 24.9 Å². The van der Waals surface area contributed by atoms with E-state index >= 15 is 0 Å². The first-order chi connectivity index (χ1) is 15.9. The molecule has 4 rings (SSSR count). The third-order valence-electron chi connectivity index (χ3n) is 6.60. The third kappa shape index (κ3) is 5.21. The molecular formula is C25H34N4O4. The number of hydrogen-bond donors (Lipinski definition) is 0. The molecule has 0 aliphatic carbocycles. The number of ether oxygens (including phenoxy) is 2. The van der Waals surface area contributed by atoms with Crippen molar-refractivity contribution in [3.8, 4) is 5.75 Å². The van der Waals surface area contributed by atoms with Gasteiger partial charge in [-0.05, 0) is 57.2 Å². The Kier molecular flexibility index (Phi) is 7.02. The second kappa shape index (κ2) is 9.95. The van der Waals surface area contributed by atoms with Crippen molar-refractivity contribution in [3.05, 3.63) is 47.3 Å². The number of likely N-dealkylation sites (N-methyl/N-ethyl adjacent to an activating group) is 1. The molecule has 2 aliphatic heterocycles. The SMILES string of the molecule is Cc1cc(C)n(CC(=O)N2CCOC3(CCCCc4ccccc4OCCN(C)C3=O)C2)n1. The maximum Gasteiger partial charge on any atom is 0.256 e. The minimum Gasteiger partial charge on any atom is -0.491 e. The van der Waals surface area contributed by atoms with E-state index in [4.69, 9.17) is 9.47 Å². The molecule has 1 saturated heterocycles. The molecule has 2 amide bonds. The van der Waals surface area contributed by atoms with Crippen LogP contribution in [0.15, 0.2) is 30.3 Å². The fourth-order valence-electron chi connectivity index (χ4n) is 4.77. The molecule has 1 atom stereocenters. The van der Waals surface area contributed by atoms with Crippen molar-refractivity contribution >= 4 is 11.8 Å². The van der Waals surface area contributed by atoms with Crippen molar-refractivity contribution in [1.82, 2.24) is 19.6 Å². The van der Waals surface area contributed by atoms with Gasteiger partial charge in [-0.3, -0.25) is 14.3 Å². The molecule has 8 heteroatoms. The fraction of sp³-hybridized carbons (Fsp3) is 0.560. The van der Waals surface area contributed by atoms with E-state index in [1.165, 1.54) is 5.56 Å². The van der Waals surface area contributed by atoms with E-state index in [9.17, 15) is 9.59 Å². The summed E-state index contributed by atoms with van der Waals surface area (Å²) in [6, 6.07) is 10.0. The Morgan fingerprint density at radius 2 is 1.97 bits per heavy atom. The van der Waals surface area contributed by atoms with Gasteiger partial charge in [-0.2, -0.15) is 5.10 Å². The van der Waals surface area contributed by atoms with Gasteiger partial charge in [-0.25, -0.2) is 0 Å². The second-order valence-corrected chi connectivity index (χ2v) is 9.13. The van der Waals surface area contributed by atoms with Crippen LogP contribution in [0.3, 0.4) is 0 Å². The Morgan fingerprint density at radius 1 is 1.15 bits per heavy atom. The van der Waals surface area contributed by atoms with Crippen LogP contribution in [0.4, 0.5) is 0 Å². The first kappa shape index (κ1) is 23.3. The molecule has 0 bridgehead atoms. The summed E-state index contributed by atoms with van der Waals surface area (Å²) >= 11 is 0. The minimum atomic E-state index is -1.02. The van der Waals surface area contributed by atoms with Gasteiger partial charge in [0.15, 0.2) is 5.60 Å². The number of aromatic nitrogens is 2. The summed E-state index contributed by atoms with van der Waals surface area (Å²) in [7, 11) is 1.78. The molecule has 1 fully saturated rings. The number of aryl methyl sites for hydroxylation is 3. The summed E-state index contributed by atoms with van der Waals surface area (Å²) in [5.74, 6) is 0.773. The van der Waals surface area contributed by atoms with Gasteiger partial charge in [-0.1, -0.05) is 18.2 Å². The molecule has 8 nitrogen and oxygen atoms in total. The number of para-hydroxylation sites is 1. The van der Waals surface area contributed by atoms with Gasteiger partial charge in [0.05, 0.1) is 25.4 Å². The lowest BCUT2D eigenvalue weighted by Gasteiger charge is -2.43. The first-order valence-corrected chi connectivity index (χ1v) is 11.8. The van der Waals surface area contributed by atoms with E-state index in [2.05, 4.69) is 11.2 Å². The molecule has 0 saturated carbocycles. The fourth-order valence-corrected chi connectivity index (χ4v) is 4.77. The van der Waals surface area contributed by atoms with Crippen LogP contribution in [-0.4, -0.2) is 76.9 Å². The van der Waals surface area contributed by atoms with Crippen molar-refractivity contribution in [1.29, 1.82) is 0 Å². The van der Waals surface area contributed by atoms with Crippen LogP contribution in [-0.2, 0) is 27.3 Å². The van der Waals surface area contributed by atoms with Crippen LogP contribution in [0.2, 0.25) is 0 Å². The molecule has 1 aromatic heterocycles. The highest BCUT2D eigenvalue weighted by atomic mass is 16.5. The van der Waals surface area contributed by atoms with Gasteiger partial charge >= 0.3 is 0 Å². The van der Waals surface area contributed by atoms with Crippen molar-refractivity contribution < 1.29 is 19.1 Å². The van der Waals surface area contributed by atoms with Crippen molar-refractivity contribution in [2.75, 3.05) is 39.9 Å². The number of carbonyl (C=O) groups excluding carboxylic acids is 2. The lowest BCUT2D eigenvalue weighted by molar-refractivity contribution is -0.175. The van der Waals surface area contributed by atoms with Crippen molar-refractivity contribution in [2.45, 2.75) is 51.7 Å². The predicted molar refractivity (Wildman–Crippen MR) is 124 cm³/mol. The van der Waals surface area contributed by atoms with Gasteiger partial charge in [0.1, 0.15) is 18.9 Å². The molecule has 1 unspecified atom stereocenters. The van der Waals surface area contributed by atoms with E-state index in [0.717, 1.165) is 36.4 Å². The summed E-state index contributed by atoms with van der Waals surface area (Å²) in [5.41, 5.74) is 2.01. The number of carbonyl (C=O) groups is 2. The zero-order valence-corrected chi connectivity index (χ0v) is 19.9. The molecule has 33 heavy (non-hydrogen) atoms. The number of morpholine rings is 1. The summed E-state index contributed by atoms with van der Waals surface area (Å²) < 4.78 is 13.9. The van der Waals surface area contributed by atoms with Crippen LogP contribution in [0, 0.1) is 13.8 Å². The largest absolute Gasteiger partial charge is 0.491 e. The third-order valence-corrected chi connectivity index (χ3v) is 6.60. The highest BCUT2D eigenvalue weighted by Crippen LogP contribution is 2.29. The Hall–Kier alpha value is -2.87. The molecular weight excluding hydrogens is 420 g/mol. The Labute approximate surface area is 195 Å². The van der Waals surface area contributed by atoms with Crippen LogP contribution < -0.4 is 4.74 Å². The van der Waals surface area contributed by atoms with Gasteiger partial charge in [-0.15, -0.1) is 0 Å². The summed E-state index contributed by atoms with van der Waals surface area (Å²) in [6.07, 6.45) is 3.22. The molecule has 3 heterocycles. The van der Waals surface area contributed by atoms with Crippen LogP contribution in [0.1, 0.15) is 36.2 Å². The van der Waals surface area contributed by atoms with Gasteiger partial charge < -0.3 is 19.3 Å². The Balaban J connectivity index is 1.50. The van der Waals surface area contributed by atoms with Crippen LogP contribution >= 0.6 is 0 Å². The number of benzene rings is 1. The molecule has 2 aromatic rings. The highest BCUT2D eigenvalue weighted by molar-refractivity contribution is 5.87. The minimum absolute atomic E-state index is 0.0392. The quantitative estimate of drug-likeness (QED) is 0.696. The van der Waals surface area contributed by atoms with Crippen molar-refractivity contribution in [2.24, 2.45) is 0 Å². The summed E-state index contributed by atoms with van der Waals surface area (Å²) in [4.78, 5) is 30.1. The van der Waals surface area contributed by atoms with Crippen LogP contribution in [0.25, 0.3) is 0 Å². The molecule has 1 aromatic carbocycles.